The van der Waals surface area contributed by atoms with Gasteiger partial charge in [-0.15, -0.1) is 0 Å². The number of hydrogen-bond acceptors (Lipinski definition) is 0. The Labute approximate surface area is 139 Å². The fourth-order valence-electron chi connectivity index (χ4n) is 3.24. The summed E-state index contributed by atoms with van der Waals surface area (Å²) in [5, 5.41) is 0. The molecule has 0 unspecified atom stereocenters. The Morgan fingerprint density at radius 3 is 1.86 bits per heavy atom. The number of rotatable bonds is 3. The number of halogens is 2. The Hall–Kier alpha value is -0.900. The Balaban J connectivity index is 1.71. The van der Waals surface area contributed by atoms with E-state index in [0.29, 0.717) is 0 Å². The van der Waals surface area contributed by atoms with E-state index in [0.717, 1.165) is 17.4 Å². The summed E-state index contributed by atoms with van der Waals surface area (Å²) in [5.41, 5.74) is 3.71. The van der Waals surface area contributed by atoms with Gasteiger partial charge < -0.3 is 0 Å². The lowest BCUT2D eigenvalue weighted by Gasteiger charge is -2.27. The van der Waals surface area contributed by atoms with Crippen LogP contribution in [0.25, 0.3) is 11.1 Å². The van der Waals surface area contributed by atoms with Gasteiger partial charge in [0.2, 0.25) is 0 Å². The molecule has 1 aliphatic rings. The van der Waals surface area contributed by atoms with Gasteiger partial charge in [0.05, 0.1) is 0 Å². The molecular weight excluding hydrogens is 374 g/mol. The first kappa shape index (κ1) is 15.0. The standard InChI is InChI=1S/C19H20FI/c20-19-11-9-18(10-12-19)17-7-5-16(6-8-17)15-3-1-14(13-21)2-4-15/h5-12,14-15H,1-4,13H2. The topological polar surface area (TPSA) is 0 Å². The first-order valence-corrected chi connectivity index (χ1v) is 9.20. The van der Waals surface area contributed by atoms with Gasteiger partial charge in [-0.2, -0.15) is 0 Å². The second-order valence-corrected chi connectivity index (χ2v) is 6.88. The lowest BCUT2D eigenvalue weighted by Crippen LogP contribution is -2.14. The van der Waals surface area contributed by atoms with Crippen molar-refractivity contribution in [2.75, 3.05) is 4.43 Å². The van der Waals surface area contributed by atoms with E-state index in [1.807, 2.05) is 12.1 Å². The molecule has 2 aromatic carbocycles. The zero-order chi connectivity index (χ0) is 14.7. The zero-order valence-electron chi connectivity index (χ0n) is 12.1. The lowest BCUT2D eigenvalue weighted by atomic mass is 9.79. The average molecular weight is 394 g/mol. The van der Waals surface area contributed by atoms with Crippen LogP contribution in [0.15, 0.2) is 48.5 Å². The van der Waals surface area contributed by atoms with Gasteiger partial charge >= 0.3 is 0 Å². The molecule has 0 saturated heterocycles. The maximum atomic E-state index is 13.0. The van der Waals surface area contributed by atoms with Gasteiger partial charge in [0.15, 0.2) is 0 Å². The fraction of sp³-hybridized carbons (Fsp3) is 0.368. The van der Waals surface area contributed by atoms with Gasteiger partial charge in [0.1, 0.15) is 5.82 Å². The van der Waals surface area contributed by atoms with Gasteiger partial charge in [-0.05, 0) is 66.3 Å². The molecule has 0 amide bonds. The minimum atomic E-state index is -0.178. The van der Waals surface area contributed by atoms with Gasteiger partial charge in [-0.1, -0.05) is 59.0 Å². The van der Waals surface area contributed by atoms with Crippen LogP contribution in [0, 0.1) is 11.7 Å². The highest BCUT2D eigenvalue weighted by atomic mass is 127. The molecular formula is C19H20FI. The van der Waals surface area contributed by atoms with E-state index in [-0.39, 0.29) is 5.82 Å². The van der Waals surface area contributed by atoms with Gasteiger partial charge in [0, 0.05) is 4.43 Å². The second-order valence-electron chi connectivity index (χ2n) is 6.00. The van der Waals surface area contributed by atoms with E-state index in [1.54, 1.807) is 0 Å². The van der Waals surface area contributed by atoms with Gasteiger partial charge in [0.25, 0.3) is 0 Å². The lowest BCUT2D eigenvalue weighted by molar-refractivity contribution is 0.356. The van der Waals surface area contributed by atoms with Crippen LogP contribution in [0.5, 0.6) is 0 Å². The monoisotopic (exact) mass is 394 g/mol. The number of benzene rings is 2. The average Bonchev–Trinajstić information content (AvgIpc) is 2.56. The van der Waals surface area contributed by atoms with Crippen molar-refractivity contribution in [3.05, 3.63) is 59.9 Å². The third kappa shape index (κ3) is 3.65. The maximum Gasteiger partial charge on any atom is 0.123 e. The van der Waals surface area contributed by atoms with Crippen LogP contribution >= 0.6 is 22.6 Å². The molecule has 1 aliphatic carbocycles. The summed E-state index contributed by atoms with van der Waals surface area (Å²) in [6.45, 7) is 0. The molecule has 0 heterocycles. The summed E-state index contributed by atoms with van der Waals surface area (Å²) in [7, 11) is 0. The van der Waals surface area contributed by atoms with E-state index in [2.05, 4.69) is 46.9 Å². The molecule has 1 fully saturated rings. The molecule has 110 valence electrons. The molecule has 0 atom stereocenters. The van der Waals surface area contributed by atoms with Crippen molar-refractivity contribution in [1.29, 1.82) is 0 Å². The highest BCUT2D eigenvalue weighted by molar-refractivity contribution is 14.1. The first-order chi connectivity index (χ1) is 10.3. The molecule has 3 rings (SSSR count). The van der Waals surface area contributed by atoms with Crippen LogP contribution in [-0.2, 0) is 0 Å². The molecule has 0 bridgehead atoms. The van der Waals surface area contributed by atoms with Crippen molar-refractivity contribution in [2.24, 2.45) is 5.92 Å². The minimum Gasteiger partial charge on any atom is -0.207 e. The van der Waals surface area contributed by atoms with Crippen LogP contribution in [0.3, 0.4) is 0 Å². The molecule has 0 nitrogen and oxygen atoms in total. The Bertz CT molecular complexity index is 566. The number of hydrogen-bond donors (Lipinski definition) is 0. The molecule has 21 heavy (non-hydrogen) atoms. The largest absolute Gasteiger partial charge is 0.207 e. The van der Waals surface area contributed by atoms with Crippen LogP contribution in [0.4, 0.5) is 4.39 Å². The summed E-state index contributed by atoms with van der Waals surface area (Å²) in [5.74, 6) is 1.48. The quantitative estimate of drug-likeness (QED) is 0.430. The summed E-state index contributed by atoms with van der Waals surface area (Å²) >= 11 is 2.51. The van der Waals surface area contributed by atoms with Crippen molar-refractivity contribution >= 4 is 22.6 Å². The summed E-state index contributed by atoms with van der Waals surface area (Å²) in [6, 6.07) is 15.6. The van der Waals surface area contributed by atoms with Crippen LogP contribution in [-0.4, -0.2) is 4.43 Å². The molecule has 1 saturated carbocycles. The van der Waals surface area contributed by atoms with Crippen LogP contribution in [0.1, 0.15) is 37.2 Å². The van der Waals surface area contributed by atoms with Crippen LogP contribution < -0.4 is 0 Å². The molecule has 2 heteroatoms. The van der Waals surface area contributed by atoms with Crippen molar-refractivity contribution < 1.29 is 4.39 Å². The van der Waals surface area contributed by atoms with Crippen LogP contribution in [0.2, 0.25) is 0 Å². The molecule has 0 N–H and O–H groups in total. The molecule has 0 radical (unpaired) electrons. The van der Waals surface area contributed by atoms with E-state index >= 15 is 0 Å². The predicted molar refractivity (Wildman–Crippen MR) is 95.4 cm³/mol. The summed E-state index contributed by atoms with van der Waals surface area (Å²) in [6.07, 6.45) is 5.38. The van der Waals surface area contributed by atoms with Crippen molar-refractivity contribution in [1.82, 2.24) is 0 Å². The van der Waals surface area contributed by atoms with Crippen molar-refractivity contribution in [2.45, 2.75) is 31.6 Å². The minimum absolute atomic E-state index is 0.178. The highest BCUT2D eigenvalue weighted by Crippen LogP contribution is 2.37. The Kier molecular flexibility index (Phi) is 4.94. The summed E-state index contributed by atoms with van der Waals surface area (Å²) in [4.78, 5) is 0. The highest BCUT2D eigenvalue weighted by Gasteiger charge is 2.21. The fourth-order valence-corrected chi connectivity index (χ4v) is 4.12. The Morgan fingerprint density at radius 1 is 0.810 bits per heavy atom. The molecule has 2 aromatic rings. The smallest absolute Gasteiger partial charge is 0.123 e. The third-order valence-electron chi connectivity index (χ3n) is 4.62. The third-order valence-corrected chi connectivity index (χ3v) is 5.87. The van der Waals surface area contributed by atoms with E-state index in [4.69, 9.17) is 0 Å². The number of alkyl halides is 1. The molecule has 0 aromatic heterocycles. The second kappa shape index (κ2) is 6.91. The van der Waals surface area contributed by atoms with E-state index < -0.39 is 0 Å². The maximum absolute atomic E-state index is 13.0. The van der Waals surface area contributed by atoms with Crippen molar-refractivity contribution in [3.8, 4) is 11.1 Å². The SMILES string of the molecule is Fc1ccc(-c2ccc(C3CCC(CI)CC3)cc2)cc1. The Morgan fingerprint density at radius 2 is 1.33 bits per heavy atom. The molecule has 0 spiro atoms. The van der Waals surface area contributed by atoms with Crippen molar-refractivity contribution in [3.63, 3.8) is 0 Å². The van der Waals surface area contributed by atoms with Gasteiger partial charge in [-0.3, -0.25) is 0 Å². The molecule has 0 aliphatic heterocycles. The normalized spacial score (nSPS) is 22.2. The predicted octanol–water partition coefficient (Wildman–Crippen LogP) is 6.20. The zero-order valence-corrected chi connectivity index (χ0v) is 14.2. The van der Waals surface area contributed by atoms with E-state index in [9.17, 15) is 4.39 Å². The first-order valence-electron chi connectivity index (χ1n) is 7.68. The van der Waals surface area contributed by atoms with Gasteiger partial charge in [-0.25, -0.2) is 4.39 Å². The van der Waals surface area contributed by atoms with E-state index in [1.165, 1.54) is 53.4 Å². The summed E-state index contributed by atoms with van der Waals surface area (Å²) < 4.78 is 14.3.